The maximum Gasteiger partial charge on any atom is 0.151 e. The first-order chi connectivity index (χ1) is 6.83. The Kier molecular flexibility index (Phi) is 2.28. The van der Waals surface area contributed by atoms with Gasteiger partial charge in [-0.25, -0.2) is 4.52 Å². The van der Waals surface area contributed by atoms with Crippen molar-refractivity contribution in [1.82, 2.24) is 9.61 Å². The minimum absolute atomic E-state index is 0.484. The Hall–Kier alpha value is -1.68. The molecule has 0 N–H and O–H groups in total. The van der Waals surface area contributed by atoms with Crippen molar-refractivity contribution in [3.63, 3.8) is 0 Å². The van der Waals surface area contributed by atoms with Crippen molar-refractivity contribution in [3.8, 4) is 0 Å². The van der Waals surface area contributed by atoms with E-state index in [1.165, 1.54) is 0 Å². The average molecular weight is 190 g/mol. The first kappa shape index (κ1) is 8.90. The van der Waals surface area contributed by atoms with E-state index in [1.807, 2.05) is 12.1 Å². The molecule has 0 amide bonds. The summed E-state index contributed by atoms with van der Waals surface area (Å²) in [6.07, 6.45) is 2.50. The van der Waals surface area contributed by atoms with Gasteiger partial charge in [0.1, 0.15) is 0 Å². The molecule has 0 aliphatic carbocycles. The van der Waals surface area contributed by atoms with E-state index < -0.39 is 0 Å². The Labute approximate surface area is 81.1 Å². The molecule has 2 aromatic heterocycles. The first-order valence-corrected chi connectivity index (χ1v) is 4.26. The van der Waals surface area contributed by atoms with Crippen LogP contribution < -0.4 is 0 Å². The van der Waals surface area contributed by atoms with Crippen LogP contribution in [0.1, 0.15) is 16.1 Å². The van der Waals surface area contributed by atoms with Crippen LogP contribution in [0.5, 0.6) is 0 Å². The van der Waals surface area contributed by atoms with E-state index in [-0.39, 0.29) is 0 Å². The summed E-state index contributed by atoms with van der Waals surface area (Å²) in [5.74, 6) is 0. The highest BCUT2D eigenvalue weighted by Crippen LogP contribution is 2.08. The third-order valence-corrected chi connectivity index (χ3v) is 1.96. The van der Waals surface area contributed by atoms with Crippen molar-refractivity contribution < 1.29 is 9.53 Å². The SMILES string of the molecule is COCc1cc2ccc(C=O)cn2n1. The maximum atomic E-state index is 10.5. The number of carbonyl (C=O) groups is 1. The lowest BCUT2D eigenvalue weighted by Gasteiger charge is -1.92. The van der Waals surface area contributed by atoms with Crippen LogP contribution in [0, 0.1) is 0 Å². The Morgan fingerprint density at radius 1 is 1.57 bits per heavy atom. The standard InChI is InChI=1S/C10H10N2O2/c1-14-7-9-4-10-3-2-8(6-13)5-12(10)11-9/h2-6H,7H2,1H3. The summed E-state index contributed by atoms with van der Waals surface area (Å²) >= 11 is 0. The average Bonchev–Trinajstić information content (AvgIpc) is 2.59. The van der Waals surface area contributed by atoms with Gasteiger partial charge in [-0.1, -0.05) is 0 Å². The number of hydrogen-bond donors (Lipinski definition) is 0. The van der Waals surface area contributed by atoms with Gasteiger partial charge in [0.25, 0.3) is 0 Å². The molecule has 0 radical (unpaired) electrons. The number of aldehydes is 1. The van der Waals surface area contributed by atoms with E-state index in [0.29, 0.717) is 12.2 Å². The number of hydrogen-bond acceptors (Lipinski definition) is 3. The molecule has 4 heteroatoms. The number of aromatic nitrogens is 2. The molecule has 0 spiro atoms. The van der Waals surface area contributed by atoms with E-state index in [2.05, 4.69) is 5.10 Å². The molecule has 14 heavy (non-hydrogen) atoms. The summed E-state index contributed by atoms with van der Waals surface area (Å²) in [6, 6.07) is 5.55. The largest absolute Gasteiger partial charge is 0.378 e. The van der Waals surface area contributed by atoms with E-state index >= 15 is 0 Å². The van der Waals surface area contributed by atoms with Gasteiger partial charge in [-0.2, -0.15) is 5.10 Å². The minimum Gasteiger partial charge on any atom is -0.378 e. The fourth-order valence-corrected chi connectivity index (χ4v) is 1.34. The van der Waals surface area contributed by atoms with E-state index in [1.54, 1.807) is 23.9 Å². The van der Waals surface area contributed by atoms with Gasteiger partial charge in [0.2, 0.25) is 0 Å². The number of fused-ring (bicyclic) bond motifs is 1. The lowest BCUT2D eigenvalue weighted by atomic mass is 10.3. The monoisotopic (exact) mass is 190 g/mol. The third kappa shape index (κ3) is 1.52. The smallest absolute Gasteiger partial charge is 0.151 e. The Bertz CT molecular complexity index is 462. The molecule has 0 unspecified atom stereocenters. The number of ether oxygens (including phenoxy) is 1. The number of pyridine rings is 1. The number of carbonyl (C=O) groups excluding carboxylic acids is 1. The van der Waals surface area contributed by atoms with Crippen LogP contribution in [0.2, 0.25) is 0 Å². The highest BCUT2D eigenvalue weighted by Gasteiger charge is 2.01. The van der Waals surface area contributed by atoms with Crippen molar-refractivity contribution in [1.29, 1.82) is 0 Å². The van der Waals surface area contributed by atoms with Crippen molar-refractivity contribution >= 4 is 11.8 Å². The Morgan fingerprint density at radius 3 is 3.14 bits per heavy atom. The van der Waals surface area contributed by atoms with Crippen LogP contribution in [0.4, 0.5) is 0 Å². The molecule has 0 saturated heterocycles. The fraction of sp³-hybridized carbons (Fsp3) is 0.200. The zero-order chi connectivity index (χ0) is 9.97. The highest BCUT2D eigenvalue weighted by molar-refractivity contribution is 5.75. The molecule has 2 heterocycles. The van der Waals surface area contributed by atoms with Crippen LogP contribution >= 0.6 is 0 Å². The molecule has 72 valence electrons. The normalized spacial score (nSPS) is 10.6. The van der Waals surface area contributed by atoms with E-state index in [4.69, 9.17) is 4.74 Å². The van der Waals surface area contributed by atoms with Gasteiger partial charge in [0.15, 0.2) is 6.29 Å². The molecule has 0 bridgehead atoms. The second kappa shape index (κ2) is 3.59. The van der Waals surface area contributed by atoms with Crippen LogP contribution in [0.3, 0.4) is 0 Å². The van der Waals surface area contributed by atoms with Gasteiger partial charge in [-0.15, -0.1) is 0 Å². The molecule has 0 aliphatic rings. The Balaban J connectivity index is 2.48. The molecule has 2 rings (SSSR count). The predicted molar refractivity (Wildman–Crippen MR) is 51.3 cm³/mol. The molecule has 2 aromatic rings. The second-order valence-corrected chi connectivity index (χ2v) is 3.02. The van der Waals surface area contributed by atoms with Gasteiger partial charge in [-0.05, 0) is 18.2 Å². The zero-order valence-electron chi connectivity index (χ0n) is 7.80. The highest BCUT2D eigenvalue weighted by atomic mass is 16.5. The zero-order valence-corrected chi connectivity index (χ0v) is 7.80. The molecule has 0 aromatic carbocycles. The van der Waals surface area contributed by atoms with Gasteiger partial charge in [0.05, 0.1) is 17.8 Å². The molecule has 0 saturated carbocycles. The summed E-state index contributed by atoms with van der Waals surface area (Å²) in [7, 11) is 1.63. The summed E-state index contributed by atoms with van der Waals surface area (Å²) in [6.45, 7) is 0.484. The van der Waals surface area contributed by atoms with Crippen LogP contribution in [0.25, 0.3) is 5.52 Å². The summed E-state index contributed by atoms with van der Waals surface area (Å²) < 4.78 is 6.65. The van der Waals surface area contributed by atoms with Gasteiger partial charge in [0, 0.05) is 18.9 Å². The van der Waals surface area contributed by atoms with Crippen molar-refractivity contribution in [2.24, 2.45) is 0 Å². The predicted octanol–water partition coefficient (Wildman–Crippen LogP) is 1.29. The van der Waals surface area contributed by atoms with Crippen molar-refractivity contribution in [3.05, 3.63) is 35.7 Å². The van der Waals surface area contributed by atoms with Crippen LogP contribution in [-0.4, -0.2) is 23.0 Å². The van der Waals surface area contributed by atoms with Crippen LogP contribution in [-0.2, 0) is 11.3 Å². The van der Waals surface area contributed by atoms with Gasteiger partial charge >= 0.3 is 0 Å². The quantitative estimate of drug-likeness (QED) is 0.685. The molecular formula is C10H10N2O2. The molecule has 0 aliphatic heterocycles. The molecule has 0 fully saturated rings. The fourth-order valence-electron chi connectivity index (χ4n) is 1.34. The van der Waals surface area contributed by atoms with Crippen molar-refractivity contribution in [2.75, 3.05) is 7.11 Å². The van der Waals surface area contributed by atoms with Gasteiger partial charge < -0.3 is 4.74 Å². The lowest BCUT2D eigenvalue weighted by Crippen LogP contribution is -1.92. The summed E-state index contributed by atoms with van der Waals surface area (Å²) in [4.78, 5) is 10.5. The third-order valence-electron chi connectivity index (χ3n) is 1.96. The van der Waals surface area contributed by atoms with Gasteiger partial charge in [-0.3, -0.25) is 4.79 Å². The van der Waals surface area contributed by atoms with E-state index in [0.717, 1.165) is 17.5 Å². The van der Waals surface area contributed by atoms with Crippen molar-refractivity contribution in [2.45, 2.75) is 6.61 Å². The Morgan fingerprint density at radius 2 is 2.43 bits per heavy atom. The number of rotatable bonds is 3. The topological polar surface area (TPSA) is 43.6 Å². The molecule has 4 nitrogen and oxygen atoms in total. The maximum absolute atomic E-state index is 10.5. The molecule has 0 atom stereocenters. The van der Waals surface area contributed by atoms with Crippen LogP contribution in [0.15, 0.2) is 24.4 Å². The summed E-state index contributed by atoms with van der Waals surface area (Å²) in [5.41, 5.74) is 2.43. The van der Waals surface area contributed by atoms with E-state index in [9.17, 15) is 4.79 Å². The first-order valence-electron chi connectivity index (χ1n) is 4.26. The number of methoxy groups -OCH3 is 1. The second-order valence-electron chi connectivity index (χ2n) is 3.02. The number of nitrogens with zero attached hydrogens (tertiary/aromatic N) is 2. The summed E-state index contributed by atoms with van der Waals surface area (Å²) in [5, 5.41) is 4.24. The molecular weight excluding hydrogens is 180 g/mol. The lowest BCUT2D eigenvalue weighted by molar-refractivity contribution is 0.112. The minimum atomic E-state index is 0.484.